The molecule has 7 heteroatoms. The molecule has 1 aliphatic rings. The Balaban J connectivity index is 2.72. The Kier molecular flexibility index (Phi) is 5.60. The summed E-state index contributed by atoms with van der Waals surface area (Å²) in [5.74, 6) is -2.13. The van der Waals surface area contributed by atoms with Crippen molar-refractivity contribution in [2.45, 2.75) is 39.2 Å². The van der Waals surface area contributed by atoms with Gasteiger partial charge in [-0.3, -0.25) is 0 Å². The third-order valence-electron chi connectivity index (χ3n) is 3.94. The molecule has 0 amide bonds. The van der Waals surface area contributed by atoms with E-state index in [4.69, 9.17) is 15.2 Å². The van der Waals surface area contributed by atoms with Crippen LogP contribution in [0.15, 0.2) is 46.8 Å². The summed E-state index contributed by atoms with van der Waals surface area (Å²) in [6, 6.07) is 8.78. The second kappa shape index (κ2) is 7.54. The molecule has 1 aliphatic heterocycles. The molecular formula is C20H23N3O4. The van der Waals surface area contributed by atoms with Gasteiger partial charge in [0, 0.05) is 11.4 Å². The zero-order chi connectivity index (χ0) is 20.4. The standard InChI is InChI=1S/C20H23N3O4/c1-11-15(19(25)27-20(2,3)4)16(12-7-6-8-13(22)9-12)17(18(24)26-5)14(10-21)23-11/h6-9,16,23H,22H2,1-5H3. The van der Waals surface area contributed by atoms with E-state index < -0.39 is 23.5 Å². The molecule has 27 heavy (non-hydrogen) atoms. The van der Waals surface area contributed by atoms with Crippen molar-refractivity contribution in [3.05, 3.63) is 52.4 Å². The summed E-state index contributed by atoms with van der Waals surface area (Å²) >= 11 is 0. The Hall–Kier alpha value is -3.27. The van der Waals surface area contributed by atoms with Gasteiger partial charge in [-0.1, -0.05) is 12.1 Å². The Morgan fingerprint density at radius 3 is 2.41 bits per heavy atom. The van der Waals surface area contributed by atoms with Crippen LogP contribution in [0.4, 0.5) is 5.69 Å². The fourth-order valence-corrected chi connectivity index (χ4v) is 2.92. The molecule has 1 aromatic rings. The summed E-state index contributed by atoms with van der Waals surface area (Å²) in [6.45, 7) is 6.92. The van der Waals surface area contributed by atoms with Gasteiger partial charge in [0.15, 0.2) is 0 Å². The molecule has 0 aliphatic carbocycles. The van der Waals surface area contributed by atoms with E-state index in [1.807, 2.05) is 6.07 Å². The van der Waals surface area contributed by atoms with Crippen molar-refractivity contribution >= 4 is 17.6 Å². The third kappa shape index (κ3) is 4.29. The Morgan fingerprint density at radius 1 is 1.22 bits per heavy atom. The van der Waals surface area contributed by atoms with Gasteiger partial charge in [-0.25, -0.2) is 9.59 Å². The Morgan fingerprint density at radius 2 is 1.89 bits per heavy atom. The average Bonchev–Trinajstić information content (AvgIpc) is 2.58. The quantitative estimate of drug-likeness (QED) is 0.621. The molecule has 1 unspecified atom stereocenters. The van der Waals surface area contributed by atoms with Crippen LogP contribution in [-0.4, -0.2) is 24.6 Å². The van der Waals surface area contributed by atoms with Crippen molar-refractivity contribution in [2.24, 2.45) is 0 Å². The second-order valence-corrected chi connectivity index (χ2v) is 7.16. The number of carbonyl (C=O) groups is 2. The van der Waals surface area contributed by atoms with Gasteiger partial charge in [0.25, 0.3) is 0 Å². The highest BCUT2D eigenvalue weighted by atomic mass is 16.6. The smallest absolute Gasteiger partial charge is 0.337 e. The number of carbonyl (C=O) groups excluding carboxylic acids is 2. The van der Waals surface area contributed by atoms with Crippen LogP contribution in [0.5, 0.6) is 0 Å². The Labute approximate surface area is 158 Å². The topological polar surface area (TPSA) is 114 Å². The number of hydrogen-bond donors (Lipinski definition) is 2. The maximum absolute atomic E-state index is 12.9. The van der Waals surface area contributed by atoms with Crippen molar-refractivity contribution in [1.82, 2.24) is 5.32 Å². The van der Waals surface area contributed by atoms with Gasteiger partial charge in [0.1, 0.15) is 17.4 Å². The van der Waals surface area contributed by atoms with Crippen LogP contribution >= 0.6 is 0 Å². The van der Waals surface area contributed by atoms with E-state index in [0.29, 0.717) is 16.9 Å². The van der Waals surface area contributed by atoms with Crippen LogP contribution in [0, 0.1) is 11.3 Å². The number of nitriles is 1. The fraction of sp³-hybridized carbons (Fsp3) is 0.350. The first kappa shape index (κ1) is 20.0. The molecule has 0 radical (unpaired) electrons. The molecule has 0 bridgehead atoms. The molecule has 2 rings (SSSR count). The van der Waals surface area contributed by atoms with Crippen LogP contribution in [0.3, 0.4) is 0 Å². The van der Waals surface area contributed by atoms with Crippen molar-refractivity contribution in [2.75, 3.05) is 12.8 Å². The number of nitrogens with two attached hydrogens (primary N) is 1. The van der Waals surface area contributed by atoms with Gasteiger partial charge in [-0.15, -0.1) is 0 Å². The number of hydrogen-bond acceptors (Lipinski definition) is 7. The zero-order valence-electron chi connectivity index (χ0n) is 16.0. The van der Waals surface area contributed by atoms with Gasteiger partial charge in [0.2, 0.25) is 0 Å². The van der Waals surface area contributed by atoms with Gasteiger partial charge in [0.05, 0.1) is 24.2 Å². The molecule has 1 heterocycles. The van der Waals surface area contributed by atoms with Crippen molar-refractivity contribution in [3.63, 3.8) is 0 Å². The highest BCUT2D eigenvalue weighted by Crippen LogP contribution is 2.40. The van der Waals surface area contributed by atoms with Gasteiger partial charge in [-0.2, -0.15) is 5.26 Å². The first-order chi connectivity index (χ1) is 12.6. The van der Waals surface area contributed by atoms with E-state index >= 15 is 0 Å². The number of anilines is 1. The molecule has 142 valence electrons. The summed E-state index contributed by atoms with van der Waals surface area (Å²) in [7, 11) is 1.22. The number of methoxy groups -OCH3 is 1. The van der Waals surface area contributed by atoms with E-state index in [0.717, 1.165) is 0 Å². The van der Waals surface area contributed by atoms with E-state index in [-0.39, 0.29) is 16.8 Å². The minimum Gasteiger partial charge on any atom is -0.466 e. The molecule has 1 atom stereocenters. The number of ether oxygens (including phenoxy) is 2. The molecule has 0 aromatic heterocycles. The highest BCUT2D eigenvalue weighted by molar-refractivity contribution is 6.00. The molecule has 7 nitrogen and oxygen atoms in total. The molecule has 0 saturated heterocycles. The summed E-state index contributed by atoms with van der Waals surface area (Å²) < 4.78 is 10.4. The lowest BCUT2D eigenvalue weighted by Crippen LogP contribution is -2.35. The number of nitrogens with zero attached hydrogens (tertiary/aromatic N) is 1. The van der Waals surface area contributed by atoms with Crippen molar-refractivity contribution in [1.29, 1.82) is 5.26 Å². The normalized spacial score (nSPS) is 17.1. The minimum absolute atomic E-state index is 0.0269. The van der Waals surface area contributed by atoms with Crippen molar-refractivity contribution < 1.29 is 19.1 Å². The molecular weight excluding hydrogens is 346 g/mol. The number of esters is 2. The van der Waals surface area contributed by atoms with E-state index in [9.17, 15) is 14.9 Å². The lowest BCUT2D eigenvalue weighted by Gasteiger charge is -2.31. The lowest BCUT2D eigenvalue weighted by molar-refractivity contribution is -0.150. The first-order valence-electron chi connectivity index (χ1n) is 8.38. The average molecular weight is 369 g/mol. The predicted molar refractivity (Wildman–Crippen MR) is 99.9 cm³/mol. The Bertz CT molecular complexity index is 885. The molecule has 3 N–H and O–H groups in total. The van der Waals surface area contributed by atoms with Crippen LogP contribution < -0.4 is 11.1 Å². The number of rotatable bonds is 3. The largest absolute Gasteiger partial charge is 0.466 e. The summed E-state index contributed by atoms with van der Waals surface area (Å²) in [5, 5.41) is 12.3. The molecule has 0 fully saturated rings. The molecule has 0 spiro atoms. The fourth-order valence-electron chi connectivity index (χ4n) is 2.92. The van der Waals surface area contributed by atoms with E-state index in [1.165, 1.54) is 7.11 Å². The lowest BCUT2D eigenvalue weighted by atomic mass is 9.80. The SMILES string of the molecule is COC(=O)C1=C(C#N)NC(C)=C(C(=O)OC(C)(C)C)C1c1cccc(N)c1. The van der Waals surface area contributed by atoms with Gasteiger partial charge in [-0.05, 0) is 45.4 Å². The maximum Gasteiger partial charge on any atom is 0.337 e. The highest BCUT2D eigenvalue weighted by Gasteiger charge is 2.40. The maximum atomic E-state index is 12.9. The third-order valence-corrected chi connectivity index (χ3v) is 3.94. The van der Waals surface area contributed by atoms with Gasteiger partial charge >= 0.3 is 11.9 Å². The molecule has 1 aromatic carbocycles. The predicted octanol–water partition coefficient (Wildman–Crippen LogP) is 2.52. The summed E-state index contributed by atoms with van der Waals surface area (Å²) in [4.78, 5) is 25.4. The number of nitrogens with one attached hydrogen (secondary N) is 1. The summed E-state index contributed by atoms with van der Waals surface area (Å²) in [5.41, 5.74) is 6.96. The van der Waals surface area contributed by atoms with E-state index in [1.54, 1.807) is 52.0 Å². The molecule has 0 saturated carbocycles. The van der Waals surface area contributed by atoms with Gasteiger partial charge < -0.3 is 20.5 Å². The van der Waals surface area contributed by atoms with Crippen LogP contribution in [0.1, 0.15) is 39.2 Å². The summed E-state index contributed by atoms with van der Waals surface area (Å²) in [6.07, 6.45) is 0. The first-order valence-corrected chi connectivity index (χ1v) is 8.38. The van der Waals surface area contributed by atoms with Crippen LogP contribution in [-0.2, 0) is 19.1 Å². The number of benzene rings is 1. The van der Waals surface area contributed by atoms with Crippen LogP contribution in [0.25, 0.3) is 0 Å². The monoisotopic (exact) mass is 369 g/mol. The number of allylic oxidation sites excluding steroid dienone is 2. The number of nitrogen functional groups attached to an aromatic ring is 1. The minimum atomic E-state index is -0.841. The van der Waals surface area contributed by atoms with Crippen LogP contribution in [0.2, 0.25) is 0 Å². The second-order valence-electron chi connectivity index (χ2n) is 7.16. The zero-order valence-corrected chi connectivity index (χ0v) is 16.0. The number of dihydropyridines is 1. The van der Waals surface area contributed by atoms with E-state index in [2.05, 4.69) is 5.32 Å². The van der Waals surface area contributed by atoms with Crippen molar-refractivity contribution in [3.8, 4) is 6.07 Å².